The molecule has 0 bridgehead atoms. The van der Waals surface area contributed by atoms with Crippen LogP contribution in [0, 0.1) is 19.8 Å². The molecule has 0 aromatic heterocycles. The summed E-state index contributed by atoms with van der Waals surface area (Å²) < 4.78 is 33.8. The van der Waals surface area contributed by atoms with E-state index in [-0.39, 0.29) is 12.0 Å². The van der Waals surface area contributed by atoms with Crippen molar-refractivity contribution in [2.45, 2.75) is 57.1 Å². The Morgan fingerprint density at radius 2 is 1.84 bits per heavy atom. The average molecular weight is 477 g/mol. The molecule has 0 atom stereocenters. The van der Waals surface area contributed by atoms with Crippen molar-refractivity contribution in [3.05, 3.63) is 58.1 Å². The van der Waals surface area contributed by atoms with E-state index < -0.39 is 10.0 Å². The first kappa shape index (κ1) is 23.6. The molecule has 5 nitrogen and oxygen atoms in total. The molecule has 0 spiro atoms. The second kappa shape index (κ2) is 9.72. The number of hydrogen-bond donors (Lipinski definition) is 0. The van der Waals surface area contributed by atoms with Crippen LogP contribution in [0.3, 0.4) is 0 Å². The molecule has 0 unspecified atom stereocenters. The monoisotopic (exact) mass is 476 g/mol. The summed E-state index contributed by atoms with van der Waals surface area (Å²) in [6.07, 6.45) is 4.26. The second-order valence-electron chi connectivity index (χ2n) is 9.34. The van der Waals surface area contributed by atoms with Gasteiger partial charge >= 0.3 is 0 Å². The molecule has 4 rings (SSSR count). The number of likely N-dealkylation sites (tertiary alicyclic amines) is 1. The van der Waals surface area contributed by atoms with Gasteiger partial charge in [0.05, 0.1) is 16.0 Å². The minimum absolute atomic E-state index is 0.0800. The number of hydrogen-bond acceptors (Lipinski definition) is 4. The van der Waals surface area contributed by atoms with Crippen molar-refractivity contribution >= 4 is 21.6 Å². The maximum atomic E-state index is 13.1. The zero-order valence-electron chi connectivity index (χ0n) is 19.2. The van der Waals surface area contributed by atoms with Gasteiger partial charge in [-0.2, -0.15) is 0 Å². The van der Waals surface area contributed by atoms with E-state index in [4.69, 9.17) is 16.3 Å². The quantitative estimate of drug-likeness (QED) is 0.536. The highest BCUT2D eigenvalue weighted by molar-refractivity contribution is 7.89. The summed E-state index contributed by atoms with van der Waals surface area (Å²) in [5.74, 6) is 1.03. The standard InChI is InChI=1S/C25H33ClN2O3S/c1-18-9-10-19(2)24(13-18)32(29,30)27(3)16-20-14-22(15-20)31-23-8-6-7-21(25(23)26)17-28-11-4-5-12-28/h6-10,13,20,22H,4-5,11-12,14-17H2,1-3H3. The number of ether oxygens (including phenoxy) is 1. The van der Waals surface area contributed by atoms with E-state index in [1.807, 2.05) is 38.1 Å². The summed E-state index contributed by atoms with van der Waals surface area (Å²) in [5.41, 5.74) is 2.84. The molecule has 1 saturated carbocycles. The average Bonchev–Trinajstić information content (AvgIpc) is 3.23. The van der Waals surface area contributed by atoms with E-state index in [2.05, 4.69) is 11.0 Å². The molecule has 0 amide bonds. The van der Waals surface area contributed by atoms with Crippen LogP contribution in [0.2, 0.25) is 5.02 Å². The summed E-state index contributed by atoms with van der Waals surface area (Å²) in [4.78, 5) is 2.82. The molecule has 32 heavy (non-hydrogen) atoms. The van der Waals surface area contributed by atoms with Gasteiger partial charge in [0, 0.05) is 20.1 Å². The summed E-state index contributed by atoms with van der Waals surface area (Å²) in [5, 5.41) is 0.706. The lowest BCUT2D eigenvalue weighted by molar-refractivity contribution is 0.0575. The van der Waals surface area contributed by atoms with Crippen LogP contribution in [0.4, 0.5) is 0 Å². The lowest BCUT2D eigenvalue weighted by Crippen LogP contribution is -2.42. The summed E-state index contributed by atoms with van der Waals surface area (Å²) in [7, 11) is -1.83. The zero-order chi connectivity index (χ0) is 22.9. The third kappa shape index (κ3) is 5.14. The fourth-order valence-corrected chi connectivity index (χ4v) is 6.45. The molecular weight excluding hydrogens is 444 g/mol. The van der Waals surface area contributed by atoms with Crippen molar-refractivity contribution < 1.29 is 13.2 Å². The third-order valence-electron chi connectivity index (χ3n) is 6.67. The highest BCUT2D eigenvalue weighted by Crippen LogP contribution is 2.37. The zero-order valence-corrected chi connectivity index (χ0v) is 20.8. The molecule has 174 valence electrons. The minimum atomic E-state index is -3.50. The first-order valence-corrected chi connectivity index (χ1v) is 13.3. The molecule has 7 heteroatoms. The molecule has 1 aliphatic carbocycles. The molecule has 2 aromatic carbocycles. The van der Waals surface area contributed by atoms with E-state index in [1.54, 1.807) is 13.1 Å². The van der Waals surface area contributed by atoms with Gasteiger partial charge in [0.25, 0.3) is 0 Å². The van der Waals surface area contributed by atoms with Crippen LogP contribution in [0.5, 0.6) is 5.75 Å². The number of benzene rings is 2. The third-order valence-corrected chi connectivity index (χ3v) is 9.06. The Kier molecular flexibility index (Phi) is 7.15. The van der Waals surface area contributed by atoms with E-state index >= 15 is 0 Å². The Balaban J connectivity index is 1.32. The van der Waals surface area contributed by atoms with Crippen molar-refractivity contribution in [1.82, 2.24) is 9.21 Å². The predicted molar refractivity (Wildman–Crippen MR) is 129 cm³/mol. The Morgan fingerprint density at radius 3 is 2.56 bits per heavy atom. The van der Waals surface area contributed by atoms with Crippen LogP contribution in [0.15, 0.2) is 41.3 Å². The van der Waals surface area contributed by atoms with E-state index in [9.17, 15) is 8.42 Å². The Morgan fingerprint density at radius 1 is 1.12 bits per heavy atom. The van der Waals surface area contributed by atoms with Crippen molar-refractivity contribution in [2.75, 3.05) is 26.7 Å². The van der Waals surface area contributed by atoms with Gasteiger partial charge in [-0.1, -0.05) is 35.9 Å². The van der Waals surface area contributed by atoms with Crippen molar-refractivity contribution in [3.8, 4) is 5.75 Å². The lowest BCUT2D eigenvalue weighted by atomic mass is 9.82. The van der Waals surface area contributed by atoms with Crippen LogP contribution in [0.1, 0.15) is 42.4 Å². The molecule has 2 aliphatic rings. The summed E-state index contributed by atoms with van der Waals surface area (Å²) >= 11 is 6.65. The van der Waals surface area contributed by atoms with Crippen LogP contribution >= 0.6 is 11.6 Å². The van der Waals surface area contributed by atoms with Crippen molar-refractivity contribution in [1.29, 1.82) is 0 Å². The largest absolute Gasteiger partial charge is 0.489 e. The SMILES string of the molecule is Cc1ccc(C)c(S(=O)(=O)N(C)CC2CC(Oc3cccc(CN4CCCC4)c3Cl)C2)c1. The van der Waals surface area contributed by atoms with Gasteiger partial charge in [-0.15, -0.1) is 0 Å². The molecule has 0 radical (unpaired) electrons. The number of halogens is 1. The number of aryl methyl sites for hydroxylation is 2. The van der Waals surface area contributed by atoms with E-state index in [0.717, 1.165) is 54.9 Å². The van der Waals surface area contributed by atoms with Crippen molar-refractivity contribution in [2.24, 2.45) is 5.92 Å². The Hall–Kier alpha value is -1.60. The number of nitrogens with zero attached hydrogens (tertiary/aromatic N) is 2. The van der Waals surface area contributed by atoms with Gasteiger partial charge < -0.3 is 4.74 Å². The number of sulfonamides is 1. The van der Waals surface area contributed by atoms with Gasteiger partial charge in [-0.3, -0.25) is 4.90 Å². The Labute approximate surface area is 197 Å². The van der Waals surface area contributed by atoms with E-state index in [0.29, 0.717) is 16.5 Å². The van der Waals surface area contributed by atoms with Gasteiger partial charge in [-0.05, 0) is 87.4 Å². The van der Waals surface area contributed by atoms with Gasteiger partial charge in [0.15, 0.2) is 0 Å². The summed E-state index contributed by atoms with van der Waals surface area (Å²) in [6.45, 7) is 7.38. The van der Waals surface area contributed by atoms with Crippen LogP contribution < -0.4 is 4.74 Å². The molecule has 2 aromatic rings. The molecule has 2 fully saturated rings. The minimum Gasteiger partial charge on any atom is -0.489 e. The van der Waals surface area contributed by atoms with Crippen molar-refractivity contribution in [3.63, 3.8) is 0 Å². The molecular formula is C25H33ClN2O3S. The van der Waals surface area contributed by atoms with Gasteiger partial charge in [0.1, 0.15) is 5.75 Å². The van der Waals surface area contributed by atoms with Gasteiger partial charge in [0.2, 0.25) is 10.0 Å². The lowest BCUT2D eigenvalue weighted by Gasteiger charge is -2.37. The Bertz CT molecular complexity index is 1060. The van der Waals surface area contributed by atoms with Gasteiger partial charge in [-0.25, -0.2) is 12.7 Å². The highest BCUT2D eigenvalue weighted by Gasteiger charge is 2.35. The summed E-state index contributed by atoms with van der Waals surface area (Å²) in [6, 6.07) is 11.6. The maximum Gasteiger partial charge on any atom is 0.243 e. The highest BCUT2D eigenvalue weighted by atomic mass is 35.5. The van der Waals surface area contributed by atoms with E-state index in [1.165, 1.54) is 17.1 Å². The normalized spacial score (nSPS) is 21.7. The molecule has 1 aliphatic heterocycles. The fraction of sp³-hybridized carbons (Fsp3) is 0.520. The topological polar surface area (TPSA) is 49.9 Å². The molecule has 1 heterocycles. The smallest absolute Gasteiger partial charge is 0.243 e. The molecule has 0 N–H and O–H groups in total. The van der Waals surface area contributed by atoms with Crippen LogP contribution in [-0.2, 0) is 16.6 Å². The number of rotatable bonds is 8. The fourth-order valence-electron chi connectivity index (χ4n) is 4.67. The first-order valence-electron chi connectivity index (χ1n) is 11.4. The maximum absolute atomic E-state index is 13.1. The van der Waals surface area contributed by atoms with Crippen LogP contribution in [0.25, 0.3) is 0 Å². The second-order valence-corrected chi connectivity index (χ2v) is 11.7. The predicted octanol–water partition coefficient (Wildman–Crippen LogP) is 5.03. The van der Waals surface area contributed by atoms with Crippen LogP contribution in [-0.4, -0.2) is 50.4 Å². The first-order chi connectivity index (χ1) is 15.2. The molecule has 1 saturated heterocycles.